The Bertz CT molecular complexity index is 81.7. The van der Waals surface area contributed by atoms with Crippen LogP contribution in [0.4, 0.5) is 0 Å². The molecule has 0 aromatic rings. The molecule has 1 unspecified atom stereocenters. The second kappa shape index (κ2) is 4.99. The first-order chi connectivity index (χ1) is 4.93. The van der Waals surface area contributed by atoms with Gasteiger partial charge >= 0.3 is 0 Å². The van der Waals surface area contributed by atoms with E-state index in [9.17, 15) is 0 Å². The third-order valence-corrected chi connectivity index (χ3v) is 2.14. The average Bonchev–Trinajstić information content (AvgIpc) is 2.41. The van der Waals surface area contributed by atoms with Crippen molar-refractivity contribution >= 4 is 12.6 Å². The molecule has 1 aliphatic rings. The van der Waals surface area contributed by atoms with E-state index in [0.717, 1.165) is 24.9 Å². The molecule has 1 rings (SSSR count). The molecule has 0 amide bonds. The van der Waals surface area contributed by atoms with Crippen LogP contribution in [-0.4, -0.2) is 31.4 Å². The number of thiol groups is 1. The van der Waals surface area contributed by atoms with Gasteiger partial charge in [0, 0.05) is 12.6 Å². The zero-order chi connectivity index (χ0) is 7.23. The van der Waals surface area contributed by atoms with Crippen molar-refractivity contribution in [1.29, 1.82) is 0 Å². The molecule has 1 aliphatic heterocycles. The molecule has 1 saturated heterocycles. The van der Waals surface area contributed by atoms with Crippen LogP contribution in [0.3, 0.4) is 0 Å². The normalized spacial score (nSPS) is 25.5. The van der Waals surface area contributed by atoms with E-state index in [2.05, 4.69) is 23.3 Å². The molecule has 1 atom stereocenters. The second-order valence-electron chi connectivity index (χ2n) is 2.72. The van der Waals surface area contributed by atoms with Gasteiger partial charge in [0.1, 0.15) is 0 Å². The van der Waals surface area contributed by atoms with Crippen LogP contribution in [0.15, 0.2) is 0 Å². The van der Waals surface area contributed by atoms with Crippen LogP contribution in [0.25, 0.3) is 0 Å². The number of rotatable bonds is 4. The van der Waals surface area contributed by atoms with Crippen molar-refractivity contribution < 1.29 is 0 Å². The predicted octanol–water partition coefficient (Wildman–Crippen LogP) is 0.258. The predicted molar refractivity (Wildman–Crippen MR) is 47.7 cm³/mol. The summed E-state index contributed by atoms with van der Waals surface area (Å²) in [5.74, 6) is 0.993. The van der Waals surface area contributed by atoms with E-state index >= 15 is 0 Å². The van der Waals surface area contributed by atoms with Gasteiger partial charge in [0.05, 0.1) is 0 Å². The van der Waals surface area contributed by atoms with E-state index in [0.29, 0.717) is 0 Å². The minimum atomic E-state index is 0.722. The fourth-order valence-electron chi connectivity index (χ4n) is 1.21. The molecule has 0 spiro atoms. The molecule has 0 aromatic carbocycles. The maximum absolute atomic E-state index is 4.14. The zero-order valence-corrected chi connectivity index (χ0v) is 7.16. The second-order valence-corrected chi connectivity index (χ2v) is 3.17. The third kappa shape index (κ3) is 2.90. The molecule has 0 aliphatic carbocycles. The standard InChI is InChI=1S/C7H16N2S/c10-5-1-3-9-7-2-4-8-6-7/h7-10H,1-6H2. The van der Waals surface area contributed by atoms with Crippen LogP contribution >= 0.6 is 12.6 Å². The van der Waals surface area contributed by atoms with Gasteiger partial charge in [-0.25, -0.2) is 0 Å². The summed E-state index contributed by atoms with van der Waals surface area (Å²) in [4.78, 5) is 0. The molecular weight excluding hydrogens is 144 g/mol. The smallest absolute Gasteiger partial charge is 0.0204 e. The highest BCUT2D eigenvalue weighted by atomic mass is 32.1. The van der Waals surface area contributed by atoms with Gasteiger partial charge in [-0.1, -0.05) is 0 Å². The summed E-state index contributed by atoms with van der Waals surface area (Å²) in [5, 5.41) is 6.79. The van der Waals surface area contributed by atoms with Crippen molar-refractivity contribution in [2.45, 2.75) is 18.9 Å². The highest BCUT2D eigenvalue weighted by Gasteiger charge is 2.11. The summed E-state index contributed by atoms with van der Waals surface area (Å²) >= 11 is 4.14. The van der Waals surface area contributed by atoms with Crippen molar-refractivity contribution in [3.05, 3.63) is 0 Å². The number of hydrogen-bond donors (Lipinski definition) is 3. The lowest BCUT2D eigenvalue weighted by Gasteiger charge is -2.09. The summed E-state index contributed by atoms with van der Waals surface area (Å²) < 4.78 is 0. The quantitative estimate of drug-likeness (QED) is 0.406. The van der Waals surface area contributed by atoms with Gasteiger partial charge in [-0.15, -0.1) is 0 Å². The molecule has 60 valence electrons. The van der Waals surface area contributed by atoms with Gasteiger partial charge in [-0.05, 0) is 31.7 Å². The maximum Gasteiger partial charge on any atom is 0.0204 e. The largest absolute Gasteiger partial charge is 0.315 e. The van der Waals surface area contributed by atoms with E-state index < -0.39 is 0 Å². The van der Waals surface area contributed by atoms with Gasteiger partial charge in [0.2, 0.25) is 0 Å². The van der Waals surface area contributed by atoms with Crippen molar-refractivity contribution in [3.63, 3.8) is 0 Å². The first-order valence-electron chi connectivity index (χ1n) is 3.98. The first kappa shape index (κ1) is 8.37. The summed E-state index contributed by atoms with van der Waals surface area (Å²) in [6.45, 7) is 3.45. The van der Waals surface area contributed by atoms with Gasteiger partial charge < -0.3 is 10.6 Å². The topological polar surface area (TPSA) is 24.1 Å². The molecule has 10 heavy (non-hydrogen) atoms. The van der Waals surface area contributed by atoms with Crippen LogP contribution in [0, 0.1) is 0 Å². The van der Waals surface area contributed by atoms with E-state index in [1.807, 2.05) is 0 Å². The molecule has 1 heterocycles. The summed E-state index contributed by atoms with van der Waals surface area (Å²) in [6, 6.07) is 0.722. The van der Waals surface area contributed by atoms with E-state index in [1.54, 1.807) is 0 Å². The Kier molecular flexibility index (Phi) is 4.18. The summed E-state index contributed by atoms with van der Waals surface area (Å²) in [6.07, 6.45) is 2.46. The minimum Gasteiger partial charge on any atom is -0.315 e. The van der Waals surface area contributed by atoms with Crippen molar-refractivity contribution in [2.75, 3.05) is 25.4 Å². The summed E-state index contributed by atoms with van der Waals surface area (Å²) in [5.41, 5.74) is 0. The fourth-order valence-corrected chi connectivity index (χ4v) is 1.37. The Balaban J connectivity index is 1.91. The van der Waals surface area contributed by atoms with Crippen molar-refractivity contribution in [3.8, 4) is 0 Å². The van der Waals surface area contributed by atoms with Gasteiger partial charge in [-0.2, -0.15) is 12.6 Å². The zero-order valence-electron chi connectivity index (χ0n) is 6.27. The summed E-state index contributed by atoms with van der Waals surface area (Å²) in [7, 11) is 0. The van der Waals surface area contributed by atoms with Crippen molar-refractivity contribution in [2.24, 2.45) is 0 Å². The molecule has 2 nitrogen and oxygen atoms in total. The van der Waals surface area contributed by atoms with Crippen molar-refractivity contribution in [1.82, 2.24) is 10.6 Å². The van der Waals surface area contributed by atoms with Crippen LogP contribution in [0.2, 0.25) is 0 Å². The lowest BCUT2D eigenvalue weighted by molar-refractivity contribution is 0.547. The third-order valence-electron chi connectivity index (χ3n) is 1.83. The fraction of sp³-hybridized carbons (Fsp3) is 1.00. The Hall–Kier alpha value is 0.270. The monoisotopic (exact) mass is 160 g/mol. The first-order valence-corrected chi connectivity index (χ1v) is 4.61. The van der Waals surface area contributed by atoms with E-state index in [4.69, 9.17) is 0 Å². The molecule has 0 saturated carbocycles. The van der Waals surface area contributed by atoms with Crippen LogP contribution in [-0.2, 0) is 0 Å². The minimum absolute atomic E-state index is 0.722. The Labute approximate surface area is 68.2 Å². The molecule has 1 fully saturated rings. The molecule has 0 bridgehead atoms. The number of nitrogens with one attached hydrogen (secondary N) is 2. The molecule has 0 aromatic heterocycles. The van der Waals surface area contributed by atoms with E-state index in [1.165, 1.54) is 19.4 Å². The highest BCUT2D eigenvalue weighted by molar-refractivity contribution is 7.80. The van der Waals surface area contributed by atoms with Crippen LogP contribution in [0.5, 0.6) is 0 Å². The van der Waals surface area contributed by atoms with Crippen LogP contribution < -0.4 is 10.6 Å². The number of hydrogen-bond acceptors (Lipinski definition) is 3. The Morgan fingerprint density at radius 3 is 3.10 bits per heavy atom. The highest BCUT2D eigenvalue weighted by Crippen LogP contribution is 1.96. The maximum atomic E-state index is 4.14. The van der Waals surface area contributed by atoms with Gasteiger partial charge in [-0.3, -0.25) is 0 Å². The lowest BCUT2D eigenvalue weighted by atomic mass is 10.2. The Morgan fingerprint density at radius 2 is 2.50 bits per heavy atom. The van der Waals surface area contributed by atoms with E-state index in [-0.39, 0.29) is 0 Å². The molecule has 0 radical (unpaired) electrons. The van der Waals surface area contributed by atoms with Gasteiger partial charge in [0.15, 0.2) is 0 Å². The SMILES string of the molecule is SCCCNC1CCNC1. The van der Waals surface area contributed by atoms with Gasteiger partial charge in [0.25, 0.3) is 0 Å². The van der Waals surface area contributed by atoms with Crippen LogP contribution in [0.1, 0.15) is 12.8 Å². The molecular formula is C7H16N2S. The molecule has 3 heteroatoms. The molecule has 2 N–H and O–H groups in total. The lowest BCUT2D eigenvalue weighted by Crippen LogP contribution is -2.31. The average molecular weight is 160 g/mol. The Morgan fingerprint density at radius 1 is 1.60 bits per heavy atom.